The quantitative estimate of drug-likeness (QED) is 0.0427. The number of hydrogen-bond acceptors (Lipinski definition) is 30. The van der Waals surface area contributed by atoms with Crippen LogP contribution in [0.4, 0.5) is 0 Å². The first-order valence-corrected chi connectivity index (χ1v) is 34.7. The smallest absolute Gasteiger partial charge is 0.394 e. The average Bonchev–Trinajstić information content (AvgIpc) is 1.34. The number of allylic oxidation sites excluding steroid dienone is 2. The molecule has 32 heteroatoms. The molecule has 0 radical (unpaired) electrons. The van der Waals surface area contributed by atoms with Gasteiger partial charge in [0.2, 0.25) is 0 Å². The highest BCUT2D eigenvalue weighted by atomic mass is 32.3. The SMILES string of the molecule is CC(C)CCC[C@](C)(O)[C@H]1CC[C@H]2[C@@H]3C[C@H](O[C@@H]4O[C@H](C)[C@@H](O)[C@H](O[C@@H]5OC[C@@H](O[C@@H]6O[C@H](C)[C@H](O)[C@H](O)[C@H]6O[C@@H]6O[C@H](C)[C@H](O)[C@H](O[C@@H]7O[C@H](CO)[C@H](O)[C@H](O)[C@H]7O)[C@H]6O)[C@H](O)[C@H]5O[C@@H]5O[C@H](C)[C@@H](O)[C@H](O)[C@H]5O)[C@H]4O)[C@H]4C[C@@H](OS(=O)(=O)O)CC[C@]4(C)C3=CC[C@@]21C. The summed E-state index contributed by atoms with van der Waals surface area (Å²) in [4.78, 5) is 0. The molecule has 38 atom stereocenters. The van der Waals surface area contributed by atoms with Crippen LogP contribution in [0.2, 0.25) is 0 Å². The summed E-state index contributed by atoms with van der Waals surface area (Å²) in [5.41, 5.74) is -0.649. The van der Waals surface area contributed by atoms with Crippen LogP contribution in [-0.4, -0.2) is 299 Å². The van der Waals surface area contributed by atoms with E-state index >= 15 is 0 Å². The average molecular weight is 1380 g/mol. The van der Waals surface area contributed by atoms with Crippen molar-refractivity contribution in [3.8, 4) is 0 Å². The van der Waals surface area contributed by atoms with Gasteiger partial charge in [-0.3, -0.25) is 4.55 Å². The molecule has 0 spiro atoms. The van der Waals surface area contributed by atoms with Crippen LogP contribution >= 0.6 is 0 Å². The van der Waals surface area contributed by atoms with Gasteiger partial charge < -0.3 is 133 Å². The van der Waals surface area contributed by atoms with Crippen LogP contribution < -0.4 is 0 Å². The van der Waals surface area contributed by atoms with Crippen molar-refractivity contribution in [3.05, 3.63) is 11.6 Å². The van der Waals surface area contributed by atoms with Gasteiger partial charge in [-0.15, -0.1) is 0 Å². The van der Waals surface area contributed by atoms with E-state index in [0.717, 1.165) is 32.1 Å². The summed E-state index contributed by atoms with van der Waals surface area (Å²) in [5, 5.41) is 169. The maximum Gasteiger partial charge on any atom is 0.397 e. The minimum absolute atomic E-state index is 0.0190. The number of rotatable bonds is 20. The van der Waals surface area contributed by atoms with E-state index in [2.05, 4.69) is 33.8 Å². The van der Waals surface area contributed by atoms with E-state index in [1.54, 1.807) is 0 Å². The molecule has 4 aliphatic carbocycles. The molecule has 10 rings (SSSR count). The predicted octanol–water partition coefficient (Wildman–Crippen LogP) is -3.00. The van der Waals surface area contributed by atoms with Gasteiger partial charge in [0.05, 0.1) is 55.4 Å². The van der Waals surface area contributed by atoms with Gasteiger partial charge >= 0.3 is 10.4 Å². The zero-order valence-corrected chi connectivity index (χ0v) is 55.4. The van der Waals surface area contributed by atoms with Crippen LogP contribution in [0.1, 0.15) is 127 Å². The molecule has 6 saturated heterocycles. The largest absolute Gasteiger partial charge is 0.397 e. The Hall–Kier alpha value is -1.47. The van der Waals surface area contributed by atoms with Crippen molar-refractivity contribution in [1.82, 2.24) is 0 Å². The van der Waals surface area contributed by atoms with Crippen molar-refractivity contribution in [3.63, 3.8) is 0 Å². The molecule has 6 aliphatic heterocycles. The normalized spacial score (nSPS) is 52.5. The fraction of sp³-hybridized carbons (Fsp3) is 0.968. The van der Waals surface area contributed by atoms with E-state index in [-0.39, 0.29) is 36.0 Å². The first kappa shape index (κ1) is 75.2. The van der Waals surface area contributed by atoms with Gasteiger partial charge in [-0.25, -0.2) is 4.18 Å². The lowest BCUT2D eigenvalue weighted by Gasteiger charge is -2.60. The van der Waals surface area contributed by atoms with Gasteiger partial charge in [-0.1, -0.05) is 52.2 Å². The van der Waals surface area contributed by atoms with Crippen LogP contribution in [0.3, 0.4) is 0 Å². The van der Waals surface area contributed by atoms with Crippen molar-refractivity contribution in [2.24, 2.45) is 40.4 Å². The molecule has 544 valence electrons. The summed E-state index contributed by atoms with van der Waals surface area (Å²) in [7, 11) is -4.88. The molecule has 0 aromatic rings. The lowest BCUT2D eigenvalue weighted by atomic mass is 9.47. The molecule has 9 fully saturated rings. The van der Waals surface area contributed by atoms with Crippen molar-refractivity contribution < 1.29 is 151 Å². The van der Waals surface area contributed by atoms with Crippen LogP contribution in [-0.2, 0) is 71.4 Å². The number of aliphatic hydroxyl groups is 15. The number of fused-ring (bicyclic) bond motifs is 5. The second kappa shape index (κ2) is 29.5. The van der Waals surface area contributed by atoms with Gasteiger partial charge in [0.1, 0.15) is 116 Å². The second-order valence-corrected chi connectivity index (χ2v) is 30.5. The van der Waals surface area contributed by atoms with Crippen molar-refractivity contribution in [2.45, 2.75) is 322 Å². The Morgan fingerprint density at radius 2 is 1.06 bits per heavy atom. The first-order chi connectivity index (χ1) is 44.0. The Kier molecular flexibility index (Phi) is 23.6. The summed E-state index contributed by atoms with van der Waals surface area (Å²) in [6, 6.07) is 0. The molecular weight excluding hydrogens is 1270 g/mol. The molecule has 10 aliphatic rings. The zero-order chi connectivity index (χ0) is 68.7. The molecule has 31 nitrogen and oxygen atoms in total. The van der Waals surface area contributed by atoms with E-state index in [1.807, 2.05) is 6.92 Å². The van der Waals surface area contributed by atoms with E-state index in [1.165, 1.54) is 33.3 Å². The van der Waals surface area contributed by atoms with E-state index in [4.69, 9.17) is 61.0 Å². The van der Waals surface area contributed by atoms with Crippen LogP contribution in [0.5, 0.6) is 0 Å². The number of aliphatic hydroxyl groups excluding tert-OH is 14. The van der Waals surface area contributed by atoms with Crippen molar-refractivity contribution >= 4 is 10.4 Å². The Bertz CT molecular complexity index is 2640. The summed E-state index contributed by atoms with van der Waals surface area (Å²) >= 11 is 0. The van der Waals surface area contributed by atoms with Gasteiger partial charge in [0.15, 0.2) is 37.7 Å². The minimum atomic E-state index is -4.88. The highest BCUT2D eigenvalue weighted by Crippen LogP contribution is 2.67. The fourth-order valence-corrected chi connectivity index (χ4v) is 17.7. The fourth-order valence-electron chi connectivity index (χ4n) is 17.2. The molecule has 0 unspecified atom stereocenters. The number of ether oxygens (including phenoxy) is 12. The topological polar surface area (TPSA) is 478 Å². The van der Waals surface area contributed by atoms with Crippen LogP contribution in [0.25, 0.3) is 0 Å². The highest BCUT2D eigenvalue weighted by molar-refractivity contribution is 7.80. The minimum Gasteiger partial charge on any atom is -0.394 e. The van der Waals surface area contributed by atoms with Crippen molar-refractivity contribution in [1.29, 1.82) is 0 Å². The molecular formula is C62H104O31S. The summed E-state index contributed by atoms with van der Waals surface area (Å²) in [6.45, 7) is 14.8. The Labute approximate surface area is 546 Å². The lowest BCUT2D eigenvalue weighted by Crippen LogP contribution is -2.67. The van der Waals surface area contributed by atoms with E-state index < -0.39 is 231 Å². The Balaban J connectivity index is 0.895. The third kappa shape index (κ3) is 14.9. The summed E-state index contributed by atoms with van der Waals surface area (Å²) in [5.74, 6) is 0.00892. The standard InChI is InChI=1S/C62H104O31S/c1-23(2)11-10-16-62(9,77)36-13-12-30-29-20-33(32-19-28(93-94(78,79)80)14-17-60(32,7)31(29)15-18-61(30,36)8)86-56-48(75)51(40(67)26(5)83-56)90-58-52(91-54-46(73)43(70)37(64)24(3)82-54)42(69)35(22-81-58)88-59-53(45(72)38(65)25(4)85-59)92-57-49(76)50(39(66)27(6)84-57)89-55-47(74)44(71)41(68)34(21-63)87-55/h15,23-30,32-59,63-77H,10-14,16-22H2,1-9H3,(H,78,79,80)/t24-,25-,26-,27-,28+,29+,30+,32-,33+,34-,35-,36+,37-,38+,39+,40-,41+,42+,43+,44+,45+,46-,47-,48-,49-,50+,51+,52-,53-,54+,55+,56+,57+,58+,59+,60-,61+,62+/m1/s1. The molecule has 6 heterocycles. The maximum atomic E-state index is 12.5. The molecule has 3 saturated carbocycles. The van der Waals surface area contributed by atoms with Crippen LogP contribution in [0, 0.1) is 40.4 Å². The third-order valence-electron chi connectivity index (χ3n) is 22.6. The summed E-state index contributed by atoms with van der Waals surface area (Å²) in [6.07, 6.45) is -43.2. The molecule has 0 bridgehead atoms. The molecule has 0 aromatic carbocycles. The lowest BCUT2D eigenvalue weighted by molar-refractivity contribution is -0.401. The molecule has 0 amide bonds. The Morgan fingerprint density at radius 1 is 0.564 bits per heavy atom. The van der Waals surface area contributed by atoms with Crippen LogP contribution in [0.15, 0.2) is 11.6 Å². The summed E-state index contributed by atoms with van der Waals surface area (Å²) < 4.78 is 113. The molecule has 0 aromatic heterocycles. The van der Waals surface area contributed by atoms with E-state index in [9.17, 15) is 89.6 Å². The van der Waals surface area contributed by atoms with E-state index in [0.29, 0.717) is 25.2 Å². The molecule has 16 N–H and O–H groups in total. The zero-order valence-electron chi connectivity index (χ0n) is 54.5. The first-order valence-electron chi connectivity index (χ1n) is 33.4. The third-order valence-corrected chi connectivity index (χ3v) is 23.2. The highest BCUT2D eigenvalue weighted by Gasteiger charge is 2.64. The van der Waals surface area contributed by atoms with Crippen molar-refractivity contribution in [2.75, 3.05) is 13.2 Å². The maximum absolute atomic E-state index is 12.5. The monoisotopic (exact) mass is 1380 g/mol. The molecule has 94 heavy (non-hydrogen) atoms. The number of hydrogen-bond donors (Lipinski definition) is 16. The second-order valence-electron chi connectivity index (χ2n) is 29.4. The van der Waals surface area contributed by atoms with Gasteiger partial charge in [0, 0.05) is 0 Å². The van der Waals surface area contributed by atoms with Gasteiger partial charge in [-0.05, 0) is 126 Å². The Morgan fingerprint density at radius 3 is 1.65 bits per heavy atom. The van der Waals surface area contributed by atoms with Gasteiger partial charge in [0.25, 0.3) is 0 Å². The predicted molar refractivity (Wildman–Crippen MR) is 316 cm³/mol. The van der Waals surface area contributed by atoms with Gasteiger partial charge in [-0.2, -0.15) is 8.42 Å².